The molecule has 0 aliphatic rings. The SMILES string of the molecule is CCOC(=O)COc1ccc(CCNS(=O)(=O)c2ccc(OC)cc2)cc1. The van der Waals surface area contributed by atoms with Gasteiger partial charge in [-0.25, -0.2) is 17.9 Å². The largest absolute Gasteiger partial charge is 0.497 e. The number of carbonyl (C=O) groups is 1. The van der Waals surface area contributed by atoms with E-state index in [1.807, 2.05) is 12.1 Å². The van der Waals surface area contributed by atoms with Gasteiger partial charge >= 0.3 is 5.97 Å². The van der Waals surface area contributed by atoms with Gasteiger partial charge < -0.3 is 14.2 Å². The Bertz CT molecular complexity index is 832. The fourth-order valence-electron chi connectivity index (χ4n) is 2.27. The molecule has 0 radical (unpaired) electrons. The van der Waals surface area contributed by atoms with Crippen LogP contribution in [0.4, 0.5) is 0 Å². The van der Waals surface area contributed by atoms with E-state index in [1.54, 1.807) is 31.2 Å². The van der Waals surface area contributed by atoms with Crippen molar-refractivity contribution in [1.82, 2.24) is 4.72 Å². The Balaban J connectivity index is 1.82. The molecule has 0 atom stereocenters. The minimum atomic E-state index is -3.57. The van der Waals surface area contributed by atoms with Crippen LogP contribution in [0.2, 0.25) is 0 Å². The molecule has 27 heavy (non-hydrogen) atoms. The number of hydrogen-bond acceptors (Lipinski definition) is 6. The second-order valence-electron chi connectivity index (χ2n) is 5.56. The van der Waals surface area contributed by atoms with Gasteiger partial charge in [-0.1, -0.05) is 12.1 Å². The number of rotatable bonds is 10. The quantitative estimate of drug-likeness (QED) is 0.622. The number of sulfonamides is 1. The summed E-state index contributed by atoms with van der Waals surface area (Å²) >= 11 is 0. The predicted octanol–water partition coefficient (Wildman–Crippen LogP) is 2.16. The van der Waals surface area contributed by atoms with Gasteiger partial charge in [0.1, 0.15) is 11.5 Å². The molecule has 1 N–H and O–H groups in total. The zero-order valence-corrected chi connectivity index (χ0v) is 16.1. The summed E-state index contributed by atoms with van der Waals surface area (Å²) in [6, 6.07) is 13.3. The van der Waals surface area contributed by atoms with Gasteiger partial charge in [-0.2, -0.15) is 0 Å². The molecule has 2 rings (SSSR count). The molecule has 8 heteroatoms. The van der Waals surface area contributed by atoms with Crippen LogP contribution < -0.4 is 14.2 Å². The highest BCUT2D eigenvalue weighted by Gasteiger charge is 2.13. The van der Waals surface area contributed by atoms with E-state index in [9.17, 15) is 13.2 Å². The van der Waals surface area contributed by atoms with Crippen molar-refractivity contribution in [1.29, 1.82) is 0 Å². The fourth-order valence-corrected chi connectivity index (χ4v) is 3.30. The van der Waals surface area contributed by atoms with Gasteiger partial charge in [0, 0.05) is 6.54 Å². The van der Waals surface area contributed by atoms with Gasteiger partial charge in [0.2, 0.25) is 10.0 Å². The zero-order valence-electron chi connectivity index (χ0n) is 15.3. The average Bonchev–Trinajstić information content (AvgIpc) is 2.67. The molecule has 0 saturated heterocycles. The van der Waals surface area contributed by atoms with Crippen molar-refractivity contribution in [2.45, 2.75) is 18.2 Å². The molecule has 0 fully saturated rings. The van der Waals surface area contributed by atoms with E-state index in [2.05, 4.69) is 4.72 Å². The first-order valence-electron chi connectivity index (χ1n) is 8.45. The maximum Gasteiger partial charge on any atom is 0.344 e. The number of nitrogens with one attached hydrogen (secondary N) is 1. The fraction of sp³-hybridized carbons (Fsp3) is 0.316. The van der Waals surface area contributed by atoms with Crippen molar-refractivity contribution in [3.8, 4) is 11.5 Å². The maximum atomic E-state index is 12.3. The third kappa shape index (κ3) is 6.58. The van der Waals surface area contributed by atoms with E-state index in [4.69, 9.17) is 14.2 Å². The topological polar surface area (TPSA) is 90.9 Å². The lowest BCUT2D eigenvalue weighted by atomic mass is 10.1. The lowest BCUT2D eigenvalue weighted by Crippen LogP contribution is -2.25. The summed E-state index contributed by atoms with van der Waals surface area (Å²) in [7, 11) is -2.05. The van der Waals surface area contributed by atoms with Crippen LogP contribution in [0.15, 0.2) is 53.4 Å². The molecular formula is C19H23NO6S. The number of methoxy groups -OCH3 is 1. The van der Waals surface area contributed by atoms with Gasteiger partial charge in [0.05, 0.1) is 18.6 Å². The summed E-state index contributed by atoms with van der Waals surface area (Å²) in [6.45, 7) is 2.16. The molecule has 0 amide bonds. The molecule has 0 aliphatic heterocycles. The first-order valence-corrected chi connectivity index (χ1v) is 9.94. The molecule has 0 aromatic heterocycles. The average molecular weight is 393 g/mol. The Labute approximate surface area is 159 Å². The van der Waals surface area contributed by atoms with Crippen LogP contribution in [0.5, 0.6) is 11.5 Å². The zero-order chi connectivity index (χ0) is 19.7. The van der Waals surface area contributed by atoms with Crippen LogP contribution in [-0.4, -0.2) is 41.3 Å². The van der Waals surface area contributed by atoms with Crippen LogP contribution in [0.25, 0.3) is 0 Å². The molecule has 7 nitrogen and oxygen atoms in total. The molecule has 2 aromatic carbocycles. The van der Waals surface area contributed by atoms with Crippen LogP contribution in [0, 0.1) is 0 Å². The second-order valence-corrected chi connectivity index (χ2v) is 7.33. The van der Waals surface area contributed by atoms with Crippen molar-refractivity contribution in [3.63, 3.8) is 0 Å². The summed E-state index contributed by atoms with van der Waals surface area (Å²) in [6.07, 6.45) is 0.521. The number of hydrogen-bond donors (Lipinski definition) is 1. The standard InChI is InChI=1S/C19H23NO6S/c1-3-25-19(21)14-26-17-6-4-15(5-7-17)12-13-20-27(22,23)18-10-8-16(24-2)9-11-18/h4-11,20H,3,12-14H2,1-2H3. The predicted molar refractivity (Wildman–Crippen MR) is 100 cm³/mol. The van der Waals surface area contributed by atoms with Crippen LogP contribution in [0.1, 0.15) is 12.5 Å². The van der Waals surface area contributed by atoms with Gasteiger partial charge in [-0.3, -0.25) is 0 Å². The number of benzene rings is 2. The van der Waals surface area contributed by atoms with Crippen LogP contribution in [0.3, 0.4) is 0 Å². The summed E-state index contributed by atoms with van der Waals surface area (Å²) in [5, 5.41) is 0. The summed E-state index contributed by atoms with van der Waals surface area (Å²) in [5.41, 5.74) is 0.941. The monoisotopic (exact) mass is 393 g/mol. The molecule has 0 spiro atoms. The van der Waals surface area contributed by atoms with E-state index >= 15 is 0 Å². The lowest BCUT2D eigenvalue weighted by Gasteiger charge is -2.09. The summed E-state index contributed by atoms with van der Waals surface area (Å²) < 4.78 is 42.2. The molecule has 146 valence electrons. The van der Waals surface area contributed by atoms with E-state index in [-0.39, 0.29) is 18.0 Å². The molecule has 0 bridgehead atoms. The minimum absolute atomic E-state index is 0.144. The Morgan fingerprint density at radius 1 is 1.00 bits per heavy atom. The summed E-state index contributed by atoms with van der Waals surface area (Å²) in [4.78, 5) is 11.4. The third-order valence-corrected chi connectivity index (χ3v) is 5.14. The van der Waals surface area contributed by atoms with E-state index in [0.29, 0.717) is 24.5 Å². The first kappa shape index (κ1) is 20.7. The van der Waals surface area contributed by atoms with Gasteiger partial charge in [0.25, 0.3) is 0 Å². The molecule has 0 heterocycles. The van der Waals surface area contributed by atoms with Gasteiger partial charge in [0.15, 0.2) is 6.61 Å². The van der Waals surface area contributed by atoms with Crippen LogP contribution >= 0.6 is 0 Å². The van der Waals surface area contributed by atoms with Gasteiger partial charge in [-0.05, 0) is 55.3 Å². The first-order chi connectivity index (χ1) is 12.9. The minimum Gasteiger partial charge on any atom is -0.497 e. The van der Waals surface area contributed by atoms with Crippen LogP contribution in [-0.2, 0) is 26.0 Å². The highest BCUT2D eigenvalue weighted by atomic mass is 32.2. The Hall–Kier alpha value is -2.58. The number of esters is 1. The summed E-state index contributed by atoms with van der Waals surface area (Å²) in [5.74, 6) is 0.722. The second kappa shape index (κ2) is 9.94. The van der Waals surface area contributed by atoms with E-state index in [1.165, 1.54) is 19.2 Å². The Morgan fingerprint density at radius 2 is 1.63 bits per heavy atom. The molecule has 0 aliphatic carbocycles. The number of carbonyl (C=O) groups excluding carboxylic acids is 1. The third-order valence-electron chi connectivity index (χ3n) is 3.66. The van der Waals surface area contributed by atoms with E-state index < -0.39 is 16.0 Å². The Kier molecular flexibility index (Phi) is 7.63. The highest BCUT2D eigenvalue weighted by molar-refractivity contribution is 7.89. The van der Waals surface area contributed by atoms with Gasteiger partial charge in [-0.15, -0.1) is 0 Å². The lowest BCUT2D eigenvalue weighted by molar-refractivity contribution is -0.145. The number of ether oxygens (including phenoxy) is 3. The molecular weight excluding hydrogens is 370 g/mol. The smallest absolute Gasteiger partial charge is 0.344 e. The molecule has 2 aromatic rings. The highest BCUT2D eigenvalue weighted by Crippen LogP contribution is 2.16. The molecule has 0 unspecified atom stereocenters. The molecule has 0 saturated carbocycles. The van der Waals surface area contributed by atoms with Crippen molar-refractivity contribution >= 4 is 16.0 Å². The van der Waals surface area contributed by atoms with Crippen molar-refractivity contribution < 1.29 is 27.4 Å². The maximum absolute atomic E-state index is 12.3. The van der Waals surface area contributed by atoms with Crippen molar-refractivity contribution in [3.05, 3.63) is 54.1 Å². The Morgan fingerprint density at radius 3 is 2.22 bits per heavy atom. The van der Waals surface area contributed by atoms with Crippen molar-refractivity contribution in [2.24, 2.45) is 0 Å². The normalized spacial score (nSPS) is 11.0. The van der Waals surface area contributed by atoms with Crippen molar-refractivity contribution in [2.75, 3.05) is 26.9 Å². The van der Waals surface area contributed by atoms with E-state index in [0.717, 1.165) is 5.56 Å².